The van der Waals surface area contributed by atoms with Gasteiger partial charge in [0.2, 0.25) is 5.91 Å². The fourth-order valence-electron chi connectivity index (χ4n) is 3.92. The third-order valence-electron chi connectivity index (χ3n) is 5.41. The highest BCUT2D eigenvalue weighted by Crippen LogP contribution is 2.50. The summed E-state index contributed by atoms with van der Waals surface area (Å²) in [5.74, 6) is 0.477. The quantitative estimate of drug-likeness (QED) is 0.866. The van der Waals surface area contributed by atoms with Crippen molar-refractivity contribution in [2.24, 2.45) is 13.0 Å². The molecule has 1 aromatic heterocycles. The number of rotatable bonds is 4. The molecule has 0 spiro atoms. The molecule has 5 heteroatoms. The van der Waals surface area contributed by atoms with Crippen LogP contribution in [0.3, 0.4) is 0 Å². The van der Waals surface area contributed by atoms with Crippen molar-refractivity contribution in [2.75, 3.05) is 13.1 Å². The largest absolute Gasteiger partial charge is 0.342 e. The number of nitrogens with zero attached hydrogens (tertiary/aromatic N) is 3. The molecule has 2 fully saturated rings. The number of carbonyl (C=O) groups excluding carboxylic acids is 1. The second-order valence-corrected chi connectivity index (χ2v) is 7.22. The van der Waals surface area contributed by atoms with E-state index in [0.717, 1.165) is 44.3 Å². The molecule has 1 saturated carbocycles. The van der Waals surface area contributed by atoms with E-state index in [9.17, 15) is 9.18 Å². The molecule has 0 N–H and O–H groups in total. The topological polar surface area (TPSA) is 38.1 Å². The summed E-state index contributed by atoms with van der Waals surface area (Å²) in [7, 11) is 1.92. The van der Waals surface area contributed by atoms with Gasteiger partial charge in [-0.2, -0.15) is 5.10 Å². The summed E-state index contributed by atoms with van der Waals surface area (Å²) < 4.78 is 15.0. The third-order valence-corrected chi connectivity index (χ3v) is 5.41. The molecule has 1 aliphatic carbocycles. The molecular formula is C19H22FN3O. The molecule has 2 heterocycles. The van der Waals surface area contributed by atoms with E-state index in [0.29, 0.717) is 5.92 Å². The summed E-state index contributed by atoms with van der Waals surface area (Å²) in [6.45, 7) is 1.64. The van der Waals surface area contributed by atoms with E-state index in [1.54, 1.807) is 12.1 Å². The van der Waals surface area contributed by atoms with Gasteiger partial charge in [0.25, 0.3) is 0 Å². The molecular weight excluding hydrogens is 305 g/mol. The minimum Gasteiger partial charge on any atom is -0.342 e. The van der Waals surface area contributed by atoms with Crippen molar-refractivity contribution < 1.29 is 9.18 Å². The maximum Gasteiger partial charge on any atom is 0.233 e. The molecule has 1 aromatic carbocycles. The van der Waals surface area contributed by atoms with Gasteiger partial charge in [-0.25, -0.2) is 4.39 Å². The second-order valence-electron chi connectivity index (χ2n) is 7.22. The second kappa shape index (κ2) is 5.72. The van der Waals surface area contributed by atoms with E-state index in [4.69, 9.17) is 0 Å². The van der Waals surface area contributed by atoms with Crippen molar-refractivity contribution in [1.29, 1.82) is 0 Å². The molecule has 4 rings (SSSR count). The highest BCUT2D eigenvalue weighted by atomic mass is 19.1. The highest BCUT2D eigenvalue weighted by Gasteiger charge is 2.53. The van der Waals surface area contributed by atoms with Gasteiger partial charge in [-0.05, 0) is 54.9 Å². The van der Waals surface area contributed by atoms with Crippen LogP contribution in [0.25, 0.3) is 0 Å². The molecule has 1 saturated heterocycles. The number of aryl methyl sites for hydroxylation is 1. The van der Waals surface area contributed by atoms with Gasteiger partial charge in [0.15, 0.2) is 0 Å². The maximum absolute atomic E-state index is 13.2. The first-order valence-electron chi connectivity index (χ1n) is 8.60. The average Bonchev–Trinajstić information content (AvgIpc) is 3.08. The van der Waals surface area contributed by atoms with E-state index in [-0.39, 0.29) is 11.7 Å². The number of aromatic nitrogens is 2. The van der Waals surface area contributed by atoms with E-state index in [2.05, 4.69) is 5.10 Å². The molecule has 24 heavy (non-hydrogen) atoms. The number of benzene rings is 1. The number of carbonyl (C=O) groups is 1. The van der Waals surface area contributed by atoms with Crippen LogP contribution in [0.5, 0.6) is 0 Å². The van der Waals surface area contributed by atoms with Crippen molar-refractivity contribution in [3.05, 3.63) is 53.6 Å². The minimum atomic E-state index is -0.392. The standard InChI is InChI=1S/C19H22FN3O/c1-22-12-15(11-21-22)10-14-6-9-23(13-14)18(24)19(7-8-19)16-2-4-17(20)5-3-16/h2-5,11-12,14H,6-10,13H2,1H3/t14-/m1/s1. The fourth-order valence-corrected chi connectivity index (χ4v) is 3.92. The van der Waals surface area contributed by atoms with Gasteiger partial charge >= 0.3 is 0 Å². The Balaban J connectivity index is 1.43. The van der Waals surface area contributed by atoms with Crippen LogP contribution < -0.4 is 0 Å². The molecule has 0 bridgehead atoms. The summed E-state index contributed by atoms with van der Waals surface area (Å²) >= 11 is 0. The molecule has 2 aliphatic rings. The third kappa shape index (κ3) is 2.72. The molecule has 4 nitrogen and oxygen atoms in total. The van der Waals surface area contributed by atoms with Crippen molar-refractivity contribution in [3.8, 4) is 0 Å². The van der Waals surface area contributed by atoms with Crippen LogP contribution in [-0.2, 0) is 23.7 Å². The Labute approximate surface area is 141 Å². The van der Waals surface area contributed by atoms with Gasteiger partial charge in [-0.15, -0.1) is 0 Å². The number of hydrogen-bond donors (Lipinski definition) is 0. The molecule has 2 aromatic rings. The molecule has 126 valence electrons. The molecule has 0 radical (unpaired) electrons. The first-order chi connectivity index (χ1) is 11.6. The van der Waals surface area contributed by atoms with Crippen LogP contribution in [0, 0.1) is 11.7 Å². The molecule has 1 atom stereocenters. The average molecular weight is 327 g/mol. The van der Waals surface area contributed by atoms with Crippen molar-refractivity contribution >= 4 is 5.91 Å². The maximum atomic E-state index is 13.2. The number of halogens is 1. The van der Waals surface area contributed by atoms with Crippen LogP contribution in [0.15, 0.2) is 36.7 Å². The van der Waals surface area contributed by atoms with Crippen molar-refractivity contribution in [2.45, 2.75) is 31.1 Å². The lowest BCUT2D eigenvalue weighted by atomic mass is 9.94. The zero-order chi connectivity index (χ0) is 16.7. The Morgan fingerprint density at radius 2 is 2.08 bits per heavy atom. The summed E-state index contributed by atoms with van der Waals surface area (Å²) in [6, 6.07) is 6.45. The van der Waals surface area contributed by atoms with Crippen LogP contribution in [0.4, 0.5) is 4.39 Å². The zero-order valence-corrected chi connectivity index (χ0v) is 13.9. The minimum absolute atomic E-state index is 0.225. The van der Waals surface area contributed by atoms with Gasteiger partial charge < -0.3 is 4.90 Å². The number of likely N-dealkylation sites (tertiary alicyclic amines) is 1. The van der Waals surface area contributed by atoms with Crippen molar-refractivity contribution in [3.63, 3.8) is 0 Å². The van der Waals surface area contributed by atoms with Crippen LogP contribution in [-0.4, -0.2) is 33.7 Å². The van der Waals surface area contributed by atoms with Crippen molar-refractivity contribution in [1.82, 2.24) is 14.7 Å². The lowest BCUT2D eigenvalue weighted by Gasteiger charge is -2.23. The molecule has 1 aliphatic heterocycles. The Hall–Kier alpha value is -2.17. The van der Waals surface area contributed by atoms with E-state index in [1.165, 1.54) is 17.7 Å². The van der Waals surface area contributed by atoms with Gasteiger partial charge in [0, 0.05) is 26.3 Å². The van der Waals surface area contributed by atoms with E-state index in [1.807, 2.05) is 29.0 Å². The summed E-state index contributed by atoms with van der Waals surface area (Å²) in [5, 5.41) is 4.21. The van der Waals surface area contributed by atoms with E-state index >= 15 is 0 Å². The lowest BCUT2D eigenvalue weighted by Crippen LogP contribution is -2.38. The Bertz CT molecular complexity index is 748. The number of hydrogen-bond acceptors (Lipinski definition) is 2. The van der Waals surface area contributed by atoms with E-state index < -0.39 is 5.41 Å². The van der Waals surface area contributed by atoms with Gasteiger partial charge in [-0.3, -0.25) is 9.48 Å². The van der Waals surface area contributed by atoms with Gasteiger partial charge in [0.1, 0.15) is 5.82 Å². The Morgan fingerprint density at radius 3 is 2.71 bits per heavy atom. The van der Waals surface area contributed by atoms with Crippen LogP contribution >= 0.6 is 0 Å². The summed E-state index contributed by atoms with van der Waals surface area (Å²) in [5.41, 5.74) is 1.80. The molecule has 0 unspecified atom stereocenters. The van der Waals surface area contributed by atoms with Gasteiger partial charge in [-0.1, -0.05) is 12.1 Å². The molecule has 1 amide bonds. The normalized spacial score (nSPS) is 21.9. The first-order valence-corrected chi connectivity index (χ1v) is 8.60. The monoisotopic (exact) mass is 327 g/mol. The van der Waals surface area contributed by atoms with Crippen LogP contribution in [0.2, 0.25) is 0 Å². The summed E-state index contributed by atoms with van der Waals surface area (Å²) in [6.07, 6.45) is 7.72. The highest BCUT2D eigenvalue weighted by molar-refractivity contribution is 5.91. The predicted octanol–water partition coefficient (Wildman–Crippen LogP) is 2.68. The Morgan fingerprint density at radius 1 is 1.33 bits per heavy atom. The predicted molar refractivity (Wildman–Crippen MR) is 88.9 cm³/mol. The number of amides is 1. The SMILES string of the molecule is Cn1cc(C[C@H]2CCN(C(=O)C3(c4ccc(F)cc4)CC3)C2)cn1. The smallest absolute Gasteiger partial charge is 0.233 e. The summed E-state index contributed by atoms with van der Waals surface area (Å²) in [4.78, 5) is 15.0. The Kier molecular flexibility index (Phi) is 3.66. The zero-order valence-electron chi connectivity index (χ0n) is 13.9. The van der Waals surface area contributed by atoms with Crippen LogP contribution in [0.1, 0.15) is 30.4 Å². The first kappa shape index (κ1) is 15.4. The fraction of sp³-hybridized carbons (Fsp3) is 0.474. The lowest BCUT2D eigenvalue weighted by molar-refractivity contribution is -0.133. The van der Waals surface area contributed by atoms with Gasteiger partial charge in [0.05, 0.1) is 11.6 Å².